The van der Waals surface area contributed by atoms with Gasteiger partial charge < -0.3 is 14.2 Å². The molecule has 1 atom stereocenters. The Hall–Kier alpha value is -2.26. The Bertz CT molecular complexity index is 874. The molecule has 1 N–H and O–H groups in total. The van der Waals surface area contributed by atoms with Crippen LogP contribution in [0.2, 0.25) is 0 Å². The topological polar surface area (TPSA) is 91.7 Å². The van der Waals surface area contributed by atoms with Crippen LogP contribution in [0, 0.1) is 0 Å². The number of aromatic nitrogens is 2. The Labute approximate surface area is 152 Å². The van der Waals surface area contributed by atoms with Crippen molar-refractivity contribution in [1.29, 1.82) is 0 Å². The zero-order valence-electron chi connectivity index (χ0n) is 14.3. The van der Waals surface area contributed by atoms with E-state index in [4.69, 9.17) is 14.2 Å². The van der Waals surface area contributed by atoms with Crippen molar-refractivity contribution < 1.29 is 22.6 Å². The molecule has 1 fully saturated rings. The van der Waals surface area contributed by atoms with Crippen molar-refractivity contribution in [3.05, 3.63) is 30.6 Å². The Morgan fingerprint density at radius 1 is 1.15 bits per heavy atom. The van der Waals surface area contributed by atoms with Gasteiger partial charge in [-0.2, -0.15) is 5.10 Å². The molecule has 2 aliphatic heterocycles. The second-order valence-electron chi connectivity index (χ2n) is 6.35. The first-order valence-electron chi connectivity index (χ1n) is 8.67. The third-order valence-electron chi connectivity index (χ3n) is 4.37. The Balaban J connectivity index is 1.46. The molecule has 0 amide bonds. The summed E-state index contributed by atoms with van der Waals surface area (Å²) in [6.45, 7) is 2.25. The van der Waals surface area contributed by atoms with E-state index in [0.29, 0.717) is 36.9 Å². The van der Waals surface area contributed by atoms with Gasteiger partial charge in [-0.15, -0.1) is 0 Å². The van der Waals surface area contributed by atoms with E-state index in [9.17, 15) is 8.42 Å². The van der Waals surface area contributed by atoms with E-state index in [1.165, 1.54) is 18.3 Å². The lowest BCUT2D eigenvalue weighted by Gasteiger charge is -2.22. The van der Waals surface area contributed by atoms with Crippen LogP contribution in [0.1, 0.15) is 19.3 Å². The van der Waals surface area contributed by atoms with Gasteiger partial charge in [0.1, 0.15) is 13.2 Å². The number of anilines is 1. The summed E-state index contributed by atoms with van der Waals surface area (Å²) in [5.74, 6) is 0.986. The van der Waals surface area contributed by atoms with E-state index in [-0.39, 0.29) is 11.0 Å². The van der Waals surface area contributed by atoms with Crippen LogP contribution in [-0.2, 0) is 21.3 Å². The summed E-state index contributed by atoms with van der Waals surface area (Å²) in [4.78, 5) is 0.116. The highest BCUT2D eigenvalue weighted by Gasteiger charge is 2.20. The largest absolute Gasteiger partial charge is 0.486 e. The summed E-state index contributed by atoms with van der Waals surface area (Å²) in [7, 11) is -3.74. The van der Waals surface area contributed by atoms with Crippen molar-refractivity contribution in [2.75, 3.05) is 24.5 Å². The lowest BCUT2D eigenvalue weighted by molar-refractivity contribution is 0.00401. The van der Waals surface area contributed by atoms with Gasteiger partial charge in [0.2, 0.25) is 0 Å². The molecule has 4 rings (SSSR count). The minimum Gasteiger partial charge on any atom is -0.486 e. The molecule has 0 spiro atoms. The van der Waals surface area contributed by atoms with Gasteiger partial charge in [-0.25, -0.2) is 8.42 Å². The van der Waals surface area contributed by atoms with E-state index >= 15 is 0 Å². The van der Waals surface area contributed by atoms with E-state index in [2.05, 4.69) is 9.82 Å². The minimum atomic E-state index is -3.74. The molecule has 26 heavy (non-hydrogen) atoms. The molecule has 0 bridgehead atoms. The standard InChI is InChI=1S/C17H21N3O5S/c21-26(22,15-4-5-16-17(9-15)25-8-7-24-16)19-13-10-18-20(11-13)12-14-3-1-2-6-23-14/h4-5,9-11,14,19H,1-3,6-8,12H2/t14-/m0/s1. The summed E-state index contributed by atoms with van der Waals surface area (Å²) < 4.78 is 46.1. The summed E-state index contributed by atoms with van der Waals surface area (Å²) in [6.07, 6.45) is 6.54. The Morgan fingerprint density at radius 3 is 2.81 bits per heavy atom. The van der Waals surface area contributed by atoms with Crippen LogP contribution < -0.4 is 14.2 Å². The first kappa shape index (κ1) is 17.2. The number of hydrogen-bond donors (Lipinski definition) is 1. The molecule has 2 aromatic rings. The van der Waals surface area contributed by atoms with Gasteiger partial charge in [0.25, 0.3) is 10.0 Å². The van der Waals surface area contributed by atoms with Crippen LogP contribution in [0.5, 0.6) is 11.5 Å². The van der Waals surface area contributed by atoms with Crippen LogP contribution in [0.15, 0.2) is 35.5 Å². The zero-order valence-corrected chi connectivity index (χ0v) is 15.1. The normalized spacial score (nSPS) is 19.9. The molecular weight excluding hydrogens is 358 g/mol. The minimum absolute atomic E-state index is 0.116. The first-order chi connectivity index (χ1) is 12.6. The van der Waals surface area contributed by atoms with Gasteiger partial charge in [0.05, 0.1) is 29.4 Å². The summed E-state index contributed by atoms with van der Waals surface area (Å²) in [5, 5.41) is 4.22. The Morgan fingerprint density at radius 2 is 2.00 bits per heavy atom. The lowest BCUT2D eigenvalue weighted by Crippen LogP contribution is -2.24. The van der Waals surface area contributed by atoms with E-state index < -0.39 is 10.0 Å². The molecule has 140 valence electrons. The molecule has 3 heterocycles. The second kappa shape index (κ2) is 7.16. The number of rotatable bonds is 5. The molecule has 0 aliphatic carbocycles. The predicted molar refractivity (Wildman–Crippen MR) is 94.1 cm³/mol. The third-order valence-corrected chi connectivity index (χ3v) is 5.75. The molecule has 2 aliphatic rings. The van der Waals surface area contributed by atoms with E-state index in [1.807, 2.05) is 0 Å². The lowest BCUT2D eigenvalue weighted by atomic mass is 10.1. The van der Waals surface area contributed by atoms with Crippen LogP contribution in [0.25, 0.3) is 0 Å². The highest BCUT2D eigenvalue weighted by atomic mass is 32.2. The number of fused-ring (bicyclic) bond motifs is 1. The summed E-state index contributed by atoms with van der Waals surface area (Å²) in [5.41, 5.74) is 0.413. The van der Waals surface area contributed by atoms with Gasteiger partial charge in [-0.3, -0.25) is 9.40 Å². The van der Waals surface area contributed by atoms with Crippen molar-refractivity contribution in [1.82, 2.24) is 9.78 Å². The van der Waals surface area contributed by atoms with Crippen LogP contribution >= 0.6 is 0 Å². The summed E-state index contributed by atoms with van der Waals surface area (Å²) in [6, 6.07) is 4.57. The van der Waals surface area contributed by atoms with E-state index in [1.54, 1.807) is 16.9 Å². The van der Waals surface area contributed by atoms with Gasteiger partial charge in [0.15, 0.2) is 11.5 Å². The SMILES string of the molecule is O=S(=O)(Nc1cnn(C[C@@H]2CCCCO2)c1)c1ccc2c(c1)OCCO2. The van der Waals surface area contributed by atoms with Crippen molar-refractivity contribution in [3.8, 4) is 11.5 Å². The number of nitrogens with zero attached hydrogens (tertiary/aromatic N) is 2. The van der Waals surface area contributed by atoms with Crippen molar-refractivity contribution >= 4 is 15.7 Å². The maximum atomic E-state index is 12.6. The fraction of sp³-hybridized carbons (Fsp3) is 0.471. The van der Waals surface area contributed by atoms with Crippen LogP contribution in [0.4, 0.5) is 5.69 Å². The van der Waals surface area contributed by atoms with Gasteiger partial charge in [0, 0.05) is 18.9 Å². The maximum Gasteiger partial charge on any atom is 0.262 e. The molecule has 8 nitrogen and oxygen atoms in total. The van der Waals surface area contributed by atoms with Crippen LogP contribution in [-0.4, -0.2) is 44.1 Å². The molecular formula is C17H21N3O5S. The van der Waals surface area contributed by atoms with Gasteiger partial charge in [-0.1, -0.05) is 0 Å². The molecule has 1 saturated heterocycles. The maximum absolute atomic E-state index is 12.6. The molecule has 0 saturated carbocycles. The quantitative estimate of drug-likeness (QED) is 0.855. The smallest absolute Gasteiger partial charge is 0.262 e. The number of nitrogens with one attached hydrogen (secondary N) is 1. The summed E-state index contributed by atoms with van der Waals surface area (Å²) >= 11 is 0. The highest BCUT2D eigenvalue weighted by Crippen LogP contribution is 2.32. The van der Waals surface area contributed by atoms with E-state index in [0.717, 1.165) is 25.9 Å². The average molecular weight is 379 g/mol. The van der Waals surface area contributed by atoms with Gasteiger partial charge in [-0.05, 0) is 31.4 Å². The fourth-order valence-electron chi connectivity index (χ4n) is 3.08. The van der Waals surface area contributed by atoms with Crippen molar-refractivity contribution in [3.63, 3.8) is 0 Å². The average Bonchev–Trinajstić information content (AvgIpc) is 3.08. The number of hydrogen-bond acceptors (Lipinski definition) is 6. The van der Waals surface area contributed by atoms with Crippen LogP contribution in [0.3, 0.4) is 0 Å². The second-order valence-corrected chi connectivity index (χ2v) is 8.03. The predicted octanol–water partition coefficient (Wildman–Crippen LogP) is 2.02. The zero-order chi connectivity index (χ0) is 18.0. The number of benzene rings is 1. The van der Waals surface area contributed by atoms with Crippen molar-refractivity contribution in [2.45, 2.75) is 36.8 Å². The number of sulfonamides is 1. The van der Waals surface area contributed by atoms with Gasteiger partial charge >= 0.3 is 0 Å². The Kier molecular flexibility index (Phi) is 4.73. The first-order valence-corrected chi connectivity index (χ1v) is 10.1. The highest BCUT2D eigenvalue weighted by molar-refractivity contribution is 7.92. The molecule has 0 unspecified atom stereocenters. The molecule has 9 heteroatoms. The third kappa shape index (κ3) is 3.78. The monoisotopic (exact) mass is 379 g/mol. The molecule has 1 aromatic heterocycles. The molecule has 0 radical (unpaired) electrons. The molecule has 1 aromatic carbocycles. The number of ether oxygens (including phenoxy) is 3. The van der Waals surface area contributed by atoms with Crippen molar-refractivity contribution in [2.24, 2.45) is 0 Å². The fourth-order valence-corrected chi connectivity index (χ4v) is 4.12.